The number of carbonyl (C=O) groups is 2. The van der Waals surface area contributed by atoms with Crippen LogP contribution in [0.1, 0.15) is 30.4 Å². The van der Waals surface area contributed by atoms with Gasteiger partial charge in [0, 0.05) is 36.8 Å². The van der Waals surface area contributed by atoms with E-state index >= 15 is 0 Å². The zero-order valence-electron chi connectivity index (χ0n) is 17.5. The number of nitrogens with zero attached hydrogens (tertiary/aromatic N) is 1. The number of alkyl halides is 3. The van der Waals surface area contributed by atoms with Gasteiger partial charge < -0.3 is 10.2 Å². The summed E-state index contributed by atoms with van der Waals surface area (Å²) in [7, 11) is -3.90. The highest BCUT2D eigenvalue weighted by Gasteiger charge is 2.36. The third-order valence-corrected chi connectivity index (χ3v) is 7.03. The van der Waals surface area contributed by atoms with Crippen LogP contribution in [0, 0.1) is 5.92 Å². The van der Waals surface area contributed by atoms with Crippen LogP contribution in [0.3, 0.4) is 0 Å². The maximum Gasteiger partial charge on any atom is 0.416 e. The standard InChI is InChI=1S/C22H22F3N3O4S/c23-22(24,25)16-2-1-3-17(13-16)27-20(29)8-10-26-33(31,32)18-6-7-19-15(12-18)9-11-28(19)21(30)14-4-5-14/h1-3,6-7,12-14,26H,4-5,8-11H2,(H,27,29). The Labute approximate surface area is 189 Å². The summed E-state index contributed by atoms with van der Waals surface area (Å²) >= 11 is 0. The smallest absolute Gasteiger partial charge is 0.326 e. The van der Waals surface area contributed by atoms with Crippen molar-refractivity contribution < 1.29 is 31.2 Å². The average Bonchev–Trinajstić information content (AvgIpc) is 3.51. The minimum atomic E-state index is -4.53. The maximum atomic E-state index is 12.8. The summed E-state index contributed by atoms with van der Waals surface area (Å²) in [5.74, 6) is -0.474. The summed E-state index contributed by atoms with van der Waals surface area (Å²) < 4.78 is 65.9. The molecule has 4 rings (SSSR count). The molecule has 2 aromatic carbocycles. The fourth-order valence-electron chi connectivity index (χ4n) is 3.70. The lowest BCUT2D eigenvalue weighted by atomic mass is 10.2. The van der Waals surface area contributed by atoms with Crippen LogP contribution in [0.2, 0.25) is 0 Å². The summed E-state index contributed by atoms with van der Waals surface area (Å²) in [4.78, 5) is 26.1. The molecule has 0 atom stereocenters. The van der Waals surface area contributed by atoms with E-state index in [1.807, 2.05) is 0 Å². The highest BCUT2D eigenvalue weighted by Crippen LogP contribution is 2.37. The minimum absolute atomic E-state index is 0.0263. The Balaban J connectivity index is 1.33. The summed E-state index contributed by atoms with van der Waals surface area (Å²) in [6, 6.07) is 8.76. The van der Waals surface area contributed by atoms with Crippen LogP contribution in [0.15, 0.2) is 47.4 Å². The highest BCUT2D eigenvalue weighted by atomic mass is 32.2. The summed E-state index contributed by atoms with van der Waals surface area (Å²) in [6.07, 6.45) is -2.44. The predicted octanol–water partition coefficient (Wildman–Crippen LogP) is 3.31. The molecule has 0 aromatic heterocycles. The van der Waals surface area contributed by atoms with Crippen molar-refractivity contribution in [2.75, 3.05) is 23.3 Å². The van der Waals surface area contributed by atoms with Crippen molar-refractivity contribution in [2.45, 2.75) is 36.8 Å². The van der Waals surface area contributed by atoms with Crippen molar-refractivity contribution in [1.82, 2.24) is 4.72 Å². The quantitative estimate of drug-likeness (QED) is 0.634. The van der Waals surface area contributed by atoms with Crippen LogP contribution in [-0.2, 0) is 32.2 Å². The van der Waals surface area contributed by atoms with Gasteiger partial charge in [0.15, 0.2) is 0 Å². The van der Waals surface area contributed by atoms with Gasteiger partial charge in [-0.1, -0.05) is 6.07 Å². The van der Waals surface area contributed by atoms with Gasteiger partial charge in [0.2, 0.25) is 21.8 Å². The molecule has 176 valence electrons. The molecule has 11 heteroatoms. The van der Waals surface area contributed by atoms with Crippen molar-refractivity contribution in [3.8, 4) is 0 Å². The topological polar surface area (TPSA) is 95.6 Å². The fourth-order valence-corrected chi connectivity index (χ4v) is 4.79. The van der Waals surface area contributed by atoms with Gasteiger partial charge in [-0.05, 0) is 61.2 Å². The van der Waals surface area contributed by atoms with E-state index in [2.05, 4.69) is 10.0 Å². The second kappa shape index (κ2) is 8.79. The molecule has 0 saturated heterocycles. The van der Waals surface area contributed by atoms with Gasteiger partial charge in [-0.3, -0.25) is 9.59 Å². The Morgan fingerprint density at radius 2 is 1.85 bits per heavy atom. The summed E-state index contributed by atoms with van der Waals surface area (Å²) in [5.41, 5.74) is 0.581. The number of amides is 2. The van der Waals surface area contributed by atoms with E-state index in [0.29, 0.717) is 13.0 Å². The number of halogens is 3. The Kier molecular flexibility index (Phi) is 6.19. The second-order valence-corrected chi connectivity index (χ2v) is 9.85. The normalized spacial score (nSPS) is 15.9. The first kappa shape index (κ1) is 23.2. The van der Waals surface area contributed by atoms with E-state index in [1.54, 1.807) is 11.0 Å². The lowest BCUT2D eigenvalue weighted by Gasteiger charge is -2.17. The molecule has 7 nitrogen and oxygen atoms in total. The largest absolute Gasteiger partial charge is 0.416 e. The molecule has 1 saturated carbocycles. The van der Waals surface area contributed by atoms with Crippen LogP contribution >= 0.6 is 0 Å². The molecule has 33 heavy (non-hydrogen) atoms. The zero-order valence-corrected chi connectivity index (χ0v) is 18.3. The fraction of sp³-hybridized carbons (Fsp3) is 0.364. The number of anilines is 2. The molecule has 1 heterocycles. The van der Waals surface area contributed by atoms with Crippen molar-refractivity contribution >= 4 is 33.2 Å². The predicted molar refractivity (Wildman–Crippen MR) is 115 cm³/mol. The Hall–Kier alpha value is -2.92. The van der Waals surface area contributed by atoms with Crippen LogP contribution < -0.4 is 14.9 Å². The molecular weight excluding hydrogens is 459 g/mol. The molecule has 2 aromatic rings. The monoisotopic (exact) mass is 481 g/mol. The van der Waals surface area contributed by atoms with E-state index in [0.717, 1.165) is 36.2 Å². The Bertz CT molecular complexity index is 1190. The highest BCUT2D eigenvalue weighted by molar-refractivity contribution is 7.89. The Morgan fingerprint density at radius 1 is 1.09 bits per heavy atom. The van der Waals surface area contributed by atoms with Gasteiger partial charge in [0.1, 0.15) is 0 Å². The molecule has 0 radical (unpaired) electrons. The number of sulfonamides is 1. The van der Waals surface area contributed by atoms with Crippen LogP contribution in [0.5, 0.6) is 0 Å². The lowest BCUT2D eigenvalue weighted by molar-refractivity contribution is -0.137. The van der Waals surface area contributed by atoms with Gasteiger partial charge >= 0.3 is 6.18 Å². The van der Waals surface area contributed by atoms with E-state index in [9.17, 15) is 31.2 Å². The maximum absolute atomic E-state index is 12.8. The van der Waals surface area contributed by atoms with E-state index in [-0.39, 0.29) is 35.4 Å². The zero-order chi connectivity index (χ0) is 23.8. The molecule has 1 aliphatic carbocycles. The summed E-state index contributed by atoms with van der Waals surface area (Å²) in [5, 5.41) is 2.33. The van der Waals surface area contributed by atoms with Crippen molar-refractivity contribution in [3.05, 3.63) is 53.6 Å². The van der Waals surface area contributed by atoms with E-state index in [4.69, 9.17) is 0 Å². The number of nitrogens with one attached hydrogen (secondary N) is 2. The number of hydrogen-bond acceptors (Lipinski definition) is 4. The van der Waals surface area contributed by atoms with Crippen LogP contribution in [-0.4, -0.2) is 33.3 Å². The van der Waals surface area contributed by atoms with Gasteiger partial charge in [-0.2, -0.15) is 13.2 Å². The number of fused-ring (bicyclic) bond motifs is 1. The Morgan fingerprint density at radius 3 is 2.55 bits per heavy atom. The summed E-state index contributed by atoms with van der Waals surface area (Å²) in [6.45, 7) is 0.299. The molecule has 0 bridgehead atoms. The second-order valence-electron chi connectivity index (χ2n) is 8.08. The molecule has 1 fully saturated rings. The lowest BCUT2D eigenvalue weighted by Crippen LogP contribution is -2.30. The first-order valence-electron chi connectivity index (χ1n) is 10.5. The van der Waals surface area contributed by atoms with Crippen LogP contribution in [0.4, 0.5) is 24.5 Å². The number of carbonyl (C=O) groups excluding carboxylic acids is 2. The van der Waals surface area contributed by atoms with Gasteiger partial charge in [0.05, 0.1) is 10.5 Å². The third-order valence-electron chi connectivity index (χ3n) is 5.57. The molecule has 2 aliphatic rings. The van der Waals surface area contributed by atoms with Gasteiger partial charge in [0.25, 0.3) is 0 Å². The van der Waals surface area contributed by atoms with Gasteiger partial charge in [-0.15, -0.1) is 0 Å². The number of rotatable bonds is 7. The van der Waals surface area contributed by atoms with Crippen molar-refractivity contribution in [2.24, 2.45) is 5.92 Å². The number of benzene rings is 2. The first-order valence-corrected chi connectivity index (χ1v) is 11.9. The van der Waals surface area contributed by atoms with Gasteiger partial charge in [-0.25, -0.2) is 13.1 Å². The molecule has 2 N–H and O–H groups in total. The van der Waals surface area contributed by atoms with Crippen molar-refractivity contribution in [3.63, 3.8) is 0 Å². The first-order chi connectivity index (χ1) is 15.5. The SMILES string of the molecule is O=C(CCNS(=O)(=O)c1ccc2c(c1)CCN2C(=O)C1CC1)Nc1cccc(C(F)(F)F)c1. The van der Waals surface area contributed by atoms with Crippen LogP contribution in [0.25, 0.3) is 0 Å². The van der Waals surface area contributed by atoms with Crippen molar-refractivity contribution in [1.29, 1.82) is 0 Å². The molecular formula is C22H22F3N3O4S. The molecule has 0 unspecified atom stereocenters. The number of hydrogen-bond donors (Lipinski definition) is 2. The van der Waals surface area contributed by atoms with E-state index < -0.39 is 27.7 Å². The average molecular weight is 481 g/mol. The molecule has 2 amide bonds. The van der Waals surface area contributed by atoms with E-state index in [1.165, 1.54) is 24.3 Å². The molecule has 1 aliphatic heterocycles. The third kappa shape index (κ3) is 5.36. The minimum Gasteiger partial charge on any atom is -0.326 e. The molecule has 0 spiro atoms.